The molecule has 0 amide bonds. The van der Waals surface area contributed by atoms with Gasteiger partial charge in [0, 0.05) is 5.56 Å². The molecule has 0 saturated heterocycles. The molecule has 0 atom stereocenters. The van der Waals surface area contributed by atoms with Gasteiger partial charge in [-0.05, 0) is 79.2 Å². The average Bonchev–Trinajstić information content (AvgIpc) is 2.88. The van der Waals surface area contributed by atoms with Gasteiger partial charge in [-0.1, -0.05) is 100 Å². The Morgan fingerprint density at radius 1 is 0.639 bits per heavy atom. The van der Waals surface area contributed by atoms with E-state index in [9.17, 15) is 0 Å². The van der Waals surface area contributed by atoms with Crippen LogP contribution in [0, 0.1) is 0 Å². The third-order valence-electron chi connectivity index (χ3n) is 8.18. The maximum Gasteiger partial charge on any atom is 0.189 e. The van der Waals surface area contributed by atoms with Crippen LogP contribution in [-0.2, 0) is 22.2 Å². The molecule has 182 valence electrons. The maximum absolute atomic E-state index is 6.22. The summed E-state index contributed by atoms with van der Waals surface area (Å²) in [6.45, 7) is 10.1. The van der Waals surface area contributed by atoms with Gasteiger partial charge in [0.15, 0.2) is 6.79 Å². The summed E-state index contributed by atoms with van der Waals surface area (Å²) in [5.41, 5.74) is 4.18. The van der Waals surface area contributed by atoms with E-state index in [1.807, 2.05) is 0 Å². The summed E-state index contributed by atoms with van der Waals surface area (Å²) < 4.78 is 12.2. The largest absolute Gasteiger partial charge is 0.467 e. The third kappa shape index (κ3) is 3.94. The van der Waals surface area contributed by atoms with Gasteiger partial charge in [0.05, 0.1) is 6.61 Å². The van der Waals surface area contributed by atoms with Gasteiger partial charge in [-0.15, -0.1) is 0 Å². The van der Waals surface area contributed by atoms with Gasteiger partial charge in [-0.3, -0.25) is 0 Å². The number of fused-ring (bicyclic) bond motifs is 6. The average molecular weight is 475 g/mol. The highest BCUT2D eigenvalue weighted by atomic mass is 16.7. The Morgan fingerprint density at radius 2 is 1.33 bits per heavy atom. The first-order chi connectivity index (χ1) is 17.3. The van der Waals surface area contributed by atoms with E-state index >= 15 is 0 Å². The molecule has 6 rings (SSSR count). The fourth-order valence-corrected chi connectivity index (χ4v) is 6.03. The smallest absolute Gasteiger partial charge is 0.189 e. The van der Waals surface area contributed by atoms with Crippen LogP contribution in [0.15, 0.2) is 84.9 Å². The molecule has 0 bridgehead atoms. The van der Waals surface area contributed by atoms with Crippen LogP contribution >= 0.6 is 0 Å². The molecule has 0 fully saturated rings. The van der Waals surface area contributed by atoms with Crippen LogP contribution in [0.2, 0.25) is 0 Å². The fraction of sp³-hybridized carbons (Fsp3) is 0.294. The van der Waals surface area contributed by atoms with E-state index in [1.54, 1.807) is 0 Å². The zero-order valence-electron chi connectivity index (χ0n) is 21.7. The van der Waals surface area contributed by atoms with Gasteiger partial charge in [0.25, 0.3) is 0 Å². The summed E-state index contributed by atoms with van der Waals surface area (Å²) in [5, 5.41) is 7.69. The molecule has 0 radical (unpaired) electrons. The minimum atomic E-state index is 0.105. The third-order valence-corrected chi connectivity index (χ3v) is 8.18. The quantitative estimate of drug-likeness (QED) is 0.144. The fourth-order valence-electron chi connectivity index (χ4n) is 6.03. The maximum atomic E-state index is 6.22. The summed E-state index contributed by atoms with van der Waals surface area (Å²) in [6, 6.07) is 30.6. The van der Waals surface area contributed by atoms with E-state index in [4.69, 9.17) is 9.47 Å². The highest BCUT2D eigenvalue weighted by Crippen LogP contribution is 2.49. The molecular weight excluding hydrogens is 440 g/mol. The molecule has 1 aliphatic carbocycles. The van der Waals surface area contributed by atoms with Crippen LogP contribution in [0.5, 0.6) is 5.75 Å². The topological polar surface area (TPSA) is 18.5 Å². The number of rotatable bonds is 5. The second-order valence-corrected chi connectivity index (χ2v) is 11.6. The van der Waals surface area contributed by atoms with Crippen molar-refractivity contribution >= 4 is 32.3 Å². The van der Waals surface area contributed by atoms with Gasteiger partial charge in [0.2, 0.25) is 0 Å². The van der Waals surface area contributed by atoms with Gasteiger partial charge in [0.1, 0.15) is 5.75 Å². The molecule has 5 aromatic rings. The van der Waals surface area contributed by atoms with Crippen molar-refractivity contribution in [2.75, 3.05) is 6.79 Å². The predicted molar refractivity (Wildman–Crippen MR) is 151 cm³/mol. The van der Waals surface area contributed by atoms with Crippen molar-refractivity contribution in [3.05, 3.63) is 102 Å². The Labute approximate surface area is 213 Å². The van der Waals surface area contributed by atoms with Crippen molar-refractivity contribution in [1.29, 1.82) is 0 Å². The first-order valence-corrected chi connectivity index (χ1v) is 13.0. The highest BCUT2D eigenvalue weighted by molar-refractivity contribution is 6.17. The molecular formula is C34H34O2. The first-order valence-electron chi connectivity index (χ1n) is 13.0. The van der Waals surface area contributed by atoms with Crippen molar-refractivity contribution in [3.63, 3.8) is 0 Å². The van der Waals surface area contributed by atoms with E-state index in [0.29, 0.717) is 6.61 Å². The second-order valence-electron chi connectivity index (χ2n) is 11.6. The van der Waals surface area contributed by atoms with Gasteiger partial charge < -0.3 is 9.47 Å². The van der Waals surface area contributed by atoms with Gasteiger partial charge >= 0.3 is 0 Å². The van der Waals surface area contributed by atoms with Crippen molar-refractivity contribution in [2.45, 2.75) is 58.0 Å². The van der Waals surface area contributed by atoms with E-state index < -0.39 is 0 Å². The predicted octanol–water partition coefficient (Wildman–Crippen LogP) is 9.05. The van der Waals surface area contributed by atoms with E-state index in [-0.39, 0.29) is 17.6 Å². The second kappa shape index (κ2) is 8.64. The summed E-state index contributed by atoms with van der Waals surface area (Å²) in [4.78, 5) is 0. The normalized spacial score (nSPS) is 16.3. The number of hydrogen-bond donors (Lipinski definition) is 0. The Kier molecular flexibility index (Phi) is 5.53. The molecule has 0 N–H and O–H groups in total. The lowest BCUT2D eigenvalue weighted by molar-refractivity contribution is 0.00372. The lowest BCUT2D eigenvalue weighted by Crippen LogP contribution is -2.34. The van der Waals surface area contributed by atoms with Crippen molar-refractivity contribution in [1.82, 2.24) is 0 Å². The highest BCUT2D eigenvalue weighted by Gasteiger charge is 2.39. The molecule has 2 heteroatoms. The van der Waals surface area contributed by atoms with Crippen LogP contribution in [0.25, 0.3) is 32.3 Å². The van der Waals surface area contributed by atoms with Crippen molar-refractivity contribution < 1.29 is 9.47 Å². The minimum absolute atomic E-state index is 0.105. The van der Waals surface area contributed by atoms with Crippen LogP contribution < -0.4 is 4.74 Å². The zero-order valence-corrected chi connectivity index (χ0v) is 21.7. The molecule has 2 nitrogen and oxygen atoms in total. The zero-order chi connectivity index (χ0) is 24.9. The molecule has 0 unspecified atom stereocenters. The number of benzene rings is 5. The van der Waals surface area contributed by atoms with Gasteiger partial charge in [-0.2, -0.15) is 0 Å². The molecule has 0 saturated carbocycles. The Morgan fingerprint density at radius 3 is 2.17 bits per heavy atom. The lowest BCUT2D eigenvalue weighted by atomic mass is 9.63. The molecule has 0 spiro atoms. The lowest BCUT2D eigenvalue weighted by Gasteiger charge is -2.42. The summed E-state index contributed by atoms with van der Waals surface area (Å²) in [5.74, 6) is 0.961. The van der Waals surface area contributed by atoms with Gasteiger partial charge in [-0.25, -0.2) is 0 Å². The molecule has 0 heterocycles. The van der Waals surface area contributed by atoms with Crippen LogP contribution in [-0.4, -0.2) is 6.79 Å². The van der Waals surface area contributed by atoms with E-state index in [0.717, 1.165) is 17.7 Å². The van der Waals surface area contributed by atoms with Crippen LogP contribution in [0.4, 0.5) is 0 Å². The molecule has 0 aromatic heterocycles. The molecule has 36 heavy (non-hydrogen) atoms. The summed E-state index contributed by atoms with van der Waals surface area (Å²) in [7, 11) is 0. The minimum Gasteiger partial charge on any atom is -0.467 e. The van der Waals surface area contributed by atoms with Crippen molar-refractivity contribution in [2.24, 2.45) is 0 Å². The standard InChI is InChI=1S/C34H34O2/c1-33(2)18-19-34(3,4)32-30(33)10-7-11-31(32)36-22-35-21-23-12-15-27-25(20-23)14-17-28-26-9-6-5-8-24(26)13-16-29(27)28/h5-17,20H,18-19,21-22H2,1-4H3. The van der Waals surface area contributed by atoms with Crippen molar-refractivity contribution in [3.8, 4) is 5.75 Å². The Bertz CT molecular complexity index is 1590. The van der Waals surface area contributed by atoms with Crippen LogP contribution in [0.3, 0.4) is 0 Å². The molecule has 5 aromatic carbocycles. The Balaban J connectivity index is 1.20. The summed E-state index contributed by atoms with van der Waals surface area (Å²) >= 11 is 0. The van der Waals surface area contributed by atoms with Crippen LogP contribution in [0.1, 0.15) is 57.2 Å². The SMILES string of the molecule is CC1(C)CCC(C)(C)c2c(OCOCc3ccc4c(ccc5c6ccccc6ccc45)c3)cccc21. The number of ether oxygens (including phenoxy) is 2. The Hall–Kier alpha value is -3.36. The molecule has 0 aliphatic heterocycles. The number of hydrogen-bond acceptors (Lipinski definition) is 2. The monoisotopic (exact) mass is 474 g/mol. The summed E-state index contributed by atoms with van der Waals surface area (Å²) in [6.07, 6.45) is 2.36. The first kappa shape index (κ1) is 23.1. The van der Waals surface area contributed by atoms with E-state index in [1.165, 1.54) is 49.9 Å². The molecule has 1 aliphatic rings. The van der Waals surface area contributed by atoms with E-state index in [2.05, 4.69) is 113 Å².